The molecule has 2 heterocycles. The van der Waals surface area contributed by atoms with E-state index < -0.39 is 0 Å². The Morgan fingerprint density at radius 1 is 1.12 bits per heavy atom. The van der Waals surface area contributed by atoms with E-state index in [-0.39, 0.29) is 5.91 Å². The van der Waals surface area contributed by atoms with Gasteiger partial charge in [0, 0.05) is 11.8 Å². The van der Waals surface area contributed by atoms with Gasteiger partial charge in [-0.25, -0.2) is 15.0 Å². The summed E-state index contributed by atoms with van der Waals surface area (Å²) in [4.78, 5) is 28.9. The van der Waals surface area contributed by atoms with Crippen LogP contribution in [0.2, 0.25) is 5.02 Å². The average Bonchev–Trinajstić information content (AvgIpc) is 3.26. The lowest BCUT2D eigenvalue weighted by Gasteiger charge is -2.25. The molecule has 0 atom stereocenters. The lowest BCUT2D eigenvalue weighted by Crippen LogP contribution is -2.30. The quantitative estimate of drug-likeness (QED) is 0.334. The normalized spacial score (nSPS) is 10.7. The van der Waals surface area contributed by atoms with Gasteiger partial charge in [-0.1, -0.05) is 47.2 Å². The molecule has 174 valence electrons. The van der Waals surface area contributed by atoms with E-state index in [1.165, 1.54) is 11.3 Å². The van der Waals surface area contributed by atoms with Gasteiger partial charge in [0.25, 0.3) is 5.91 Å². The Balaban J connectivity index is 1.65. The summed E-state index contributed by atoms with van der Waals surface area (Å²) in [5.74, 6) is 1.86. The molecule has 2 aromatic carbocycles. The van der Waals surface area contributed by atoms with Gasteiger partial charge in [-0.2, -0.15) is 0 Å². The van der Waals surface area contributed by atoms with Gasteiger partial charge in [-0.15, -0.1) is 0 Å². The third kappa shape index (κ3) is 5.35. The molecular formula is C25H24ClN5O2S. The molecule has 34 heavy (non-hydrogen) atoms. The average molecular weight is 494 g/mol. The predicted octanol–water partition coefficient (Wildman–Crippen LogP) is 6.11. The third-order valence-electron chi connectivity index (χ3n) is 5.12. The van der Waals surface area contributed by atoms with E-state index in [1.54, 1.807) is 24.3 Å². The smallest absolute Gasteiger partial charge is 0.270 e. The minimum Gasteiger partial charge on any atom is -0.497 e. The Morgan fingerprint density at radius 2 is 1.88 bits per heavy atom. The van der Waals surface area contributed by atoms with Gasteiger partial charge in [-0.05, 0) is 50.1 Å². The maximum absolute atomic E-state index is 13.7. The van der Waals surface area contributed by atoms with Crippen molar-refractivity contribution in [2.24, 2.45) is 0 Å². The fraction of sp³-hybridized carbons (Fsp3) is 0.200. The molecule has 0 fully saturated rings. The molecule has 0 aliphatic rings. The van der Waals surface area contributed by atoms with Crippen molar-refractivity contribution in [3.63, 3.8) is 0 Å². The summed E-state index contributed by atoms with van der Waals surface area (Å²) in [6.07, 6.45) is 1.57. The number of nitrogens with zero attached hydrogens (tertiary/aromatic N) is 4. The fourth-order valence-corrected chi connectivity index (χ4v) is 4.68. The fourth-order valence-electron chi connectivity index (χ4n) is 3.59. The standard InChI is InChI=1S/C25H24ClN5O2S/c1-15-6-5-7-20(26)23(15)31(14-18-8-10-19(33-4)11-9-18)24(32)21-13-27-25(34-21)30-22-12-16(2)28-17(3)29-22/h5-13H,14H2,1-4H3,(H,27,28,29,30). The van der Waals surface area contributed by atoms with Crippen LogP contribution in [0, 0.1) is 20.8 Å². The number of aromatic nitrogens is 3. The van der Waals surface area contributed by atoms with Crippen LogP contribution in [-0.4, -0.2) is 28.0 Å². The van der Waals surface area contributed by atoms with Crippen LogP contribution in [0.4, 0.5) is 16.6 Å². The summed E-state index contributed by atoms with van der Waals surface area (Å²) >= 11 is 7.82. The van der Waals surface area contributed by atoms with Crippen LogP contribution in [0.3, 0.4) is 0 Å². The van der Waals surface area contributed by atoms with E-state index in [4.69, 9.17) is 16.3 Å². The summed E-state index contributed by atoms with van der Waals surface area (Å²) in [6.45, 7) is 6.02. The lowest BCUT2D eigenvalue weighted by molar-refractivity contribution is 0.0988. The van der Waals surface area contributed by atoms with Crippen LogP contribution in [0.15, 0.2) is 54.7 Å². The molecule has 1 N–H and O–H groups in total. The van der Waals surface area contributed by atoms with E-state index in [0.717, 1.165) is 22.6 Å². The molecule has 0 aliphatic carbocycles. The van der Waals surface area contributed by atoms with Gasteiger partial charge >= 0.3 is 0 Å². The van der Waals surface area contributed by atoms with Gasteiger partial charge in [0.2, 0.25) is 0 Å². The molecule has 7 nitrogen and oxygen atoms in total. The number of aryl methyl sites for hydroxylation is 3. The zero-order valence-electron chi connectivity index (χ0n) is 19.3. The first-order valence-corrected chi connectivity index (χ1v) is 11.8. The first-order valence-electron chi connectivity index (χ1n) is 10.6. The van der Waals surface area contributed by atoms with Crippen LogP contribution < -0.4 is 15.0 Å². The predicted molar refractivity (Wildman–Crippen MR) is 137 cm³/mol. The van der Waals surface area contributed by atoms with Crippen molar-refractivity contribution in [1.82, 2.24) is 15.0 Å². The van der Waals surface area contributed by atoms with Gasteiger partial charge in [0.05, 0.1) is 30.6 Å². The van der Waals surface area contributed by atoms with E-state index in [1.807, 2.05) is 63.2 Å². The molecule has 0 aliphatic heterocycles. The van der Waals surface area contributed by atoms with Crippen molar-refractivity contribution in [2.45, 2.75) is 27.3 Å². The lowest BCUT2D eigenvalue weighted by atomic mass is 10.1. The first kappa shape index (κ1) is 23.7. The Labute approximate surface area is 207 Å². The number of carbonyl (C=O) groups excluding carboxylic acids is 1. The van der Waals surface area contributed by atoms with Crippen molar-refractivity contribution < 1.29 is 9.53 Å². The monoisotopic (exact) mass is 493 g/mol. The highest BCUT2D eigenvalue weighted by Crippen LogP contribution is 2.33. The summed E-state index contributed by atoms with van der Waals surface area (Å²) in [6, 6.07) is 15.0. The SMILES string of the molecule is COc1ccc(CN(C(=O)c2cnc(Nc3cc(C)nc(C)n3)s2)c2c(C)cccc2Cl)cc1. The van der Waals surface area contributed by atoms with E-state index in [9.17, 15) is 4.79 Å². The molecule has 2 aromatic heterocycles. The summed E-state index contributed by atoms with van der Waals surface area (Å²) < 4.78 is 5.26. The van der Waals surface area contributed by atoms with Gasteiger partial charge in [-0.3, -0.25) is 4.79 Å². The third-order valence-corrected chi connectivity index (χ3v) is 6.33. The number of methoxy groups -OCH3 is 1. The van der Waals surface area contributed by atoms with Crippen LogP contribution in [-0.2, 0) is 6.54 Å². The topological polar surface area (TPSA) is 80.2 Å². The number of carbonyl (C=O) groups is 1. The van der Waals surface area contributed by atoms with Crippen molar-refractivity contribution in [1.29, 1.82) is 0 Å². The van der Waals surface area contributed by atoms with Gasteiger partial charge in [0.15, 0.2) is 5.13 Å². The number of nitrogens with one attached hydrogen (secondary N) is 1. The molecule has 9 heteroatoms. The number of thiazole rings is 1. The Bertz CT molecular complexity index is 1280. The highest BCUT2D eigenvalue weighted by Gasteiger charge is 2.24. The minimum atomic E-state index is -0.187. The van der Waals surface area contributed by atoms with E-state index in [2.05, 4.69) is 20.3 Å². The molecular weight excluding hydrogens is 470 g/mol. The number of hydrogen-bond donors (Lipinski definition) is 1. The van der Waals surface area contributed by atoms with Gasteiger partial charge in [0.1, 0.15) is 22.3 Å². The van der Waals surface area contributed by atoms with Gasteiger partial charge < -0.3 is 15.0 Å². The molecule has 0 bridgehead atoms. The van der Waals surface area contributed by atoms with Crippen molar-refractivity contribution in [3.8, 4) is 5.75 Å². The number of para-hydroxylation sites is 1. The molecule has 4 rings (SSSR count). The number of anilines is 3. The summed E-state index contributed by atoms with van der Waals surface area (Å²) in [5.41, 5.74) is 3.38. The zero-order valence-corrected chi connectivity index (χ0v) is 20.9. The molecule has 0 spiro atoms. The number of ether oxygens (including phenoxy) is 1. The summed E-state index contributed by atoms with van der Waals surface area (Å²) in [7, 11) is 1.62. The Morgan fingerprint density at radius 3 is 2.56 bits per heavy atom. The molecule has 0 unspecified atom stereocenters. The second-order valence-corrected chi connectivity index (χ2v) is 9.18. The van der Waals surface area contributed by atoms with Crippen LogP contribution in [0.5, 0.6) is 5.75 Å². The molecule has 0 saturated heterocycles. The van der Waals surface area contributed by atoms with Crippen LogP contribution in [0.1, 0.15) is 32.3 Å². The second-order valence-electron chi connectivity index (χ2n) is 7.74. The van der Waals surface area contributed by atoms with Crippen LogP contribution in [0.25, 0.3) is 0 Å². The number of halogens is 1. The largest absolute Gasteiger partial charge is 0.497 e. The van der Waals surface area contributed by atoms with Crippen molar-refractivity contribution in [3.05, 3.63) is 87.3 Å². The number of amides is 1. The molecule has 4 aromatic rings. The molecule has 0 saturated carbocycles. The van der Waals surface area contributed by atoms with E-state index >= 15 is 0 Å². The van der Waals surface area contributed by atoms with Crippen LogP contribution >= 0.6 is 22.9 Å². The number of rotatable bonds is 7. The highest BCUT2D eigenvalue weighted by molar-refractivity contribution is 7.17. The van der Waals surface area contributed by atoms with Crippen molar-refractivity contribution in [2.75, 3.05) is 17.3 Å². The second kappa shape index (κ2) is 10.2. The summed E-state index contributed by atoms with van der Waals surface area (Å²) in [5, 5.41) is 4.25. The molecule has 1 amide bonds. The Hall–Kier alpha value is -3.49. The highest BCUT2D eigenvalue weighted by atomic mass is 35.5. The number of hydrogen-bond acceptors (Lipinski definition) is 7. The van der Waals surface area contributed by atoms with E-state index in [0.29, 0.717) is 38.9 Å². The minimum absolute atomic E-state index is 0.187. The molecule has 0 radical (unpaired) electrons. The Kier molecular flexibility index (Phi) is 7.09. The maximum Gasteiger partial charge on any atom is 0.270 e. The zero-order chi connectivity index (χ0) is 24.2. The maximum atomic E-state index is 13.7. The van der Waals surface area contributed by atoms with Crippen molar-refractivity contribution >= 4 is 45.5 Å². The first-order chi connectivity index (χ1) is 16.3. The number of benzene rings is 2.